The predicted molar refractivity (Wildman–Crippen MR) is 135 cm³/mol. The smallest absolute Gasteiger partial charge is 0.192 e. The Morgan fingerprint density at radius 1 is 0.909 bits per heavy atom. The molecule has 5 nitrogen and oxygen atoms in total. The molecule has 6 heteroatoms. The Kier molecular flexibility index (Phi) is 7.32. The largest absolute Gasteiger partial charge is 0.493 e. The fourth-order valence-corrected chi connectivity index (χ4v) is 5.43. The highest BCUT2D eigenvalue weighted by molar-refractivity contribution is 7.98. The van der Waals surface area contributed by atoms with Crippen LogP contribution in [0.1, 0.15) is 70.0 Å². The molecule has 0 atom stereocenters. The summed E-state index contributed by atoms with van der Waals surface area (Å²) in [5, 5.41) is 10.3. The minimum Gasteiger partial charge on any atom is -0.493 e. The summed E-state index contributed by atoms with van der Waals surface area (Å²) >= 11 is 1.77. The average Bonchev–Trinajstić information content (AvgIpc) is 3.26. The Morgan fingerprint density at radius 2 is 1.61 bits per heavy atom. The molecule has 1 fully saturated rings. The number of hydrogen-bond donors (Lipinski definition) is 0. The van der Waals surface area contributed by atoms with Gasteiger partial charge in [-0.25, -0.2) is 0 Å². The van der Waals surface area contributed by atoms with Gasteiger partial charge in [-0.15, -0.1) is 10.2 Å². The molecule has 1 aliphatic rings. The van der Waals surface area contributed by atoms with Crippen LogP contribution in [0.15, 0.2) is 47.6 Å². The number of aromatic nitrogens is 3. The standard InChI is InChI=1S/C27H35N3O2S/c1-27(2,3)21-14-11-19(12-15-21)18-33-26-29-28-25(30(26)22-9-7-6-8-10-22)20-13-16-23(31-4)24(17-20)32-5/h11-17,22H,6-10,18H2,1-5H3. The van der Waals surface area contributed by atoms with Gasteiger partial charge in [0, 0.05) is 17.4 Å². The summed E-state index contributed by atoms with van der Waals surface area (Å²) in [5.74, 6) is 3.22. The third-order valence-corrected chi connectivity index (χ3v) is 7.45. The lowest BCUT2D eigenvalue weighted by Crippen LogP contribution is -2.15. The first-order valence-corrected chi connectivity index (χ1v) is 12.8. The lowest BCUT2D eigenvalue weighted by molar-refractivity contribution is 0.339. The molecule has 176 valence electrons. The summed E-state index contributed by atoms with van der Waals surface area (Å²) < 4.78 is 13.3. The molecule has 0 bridgehead atoms. The third-order valence-electron chi connectivity index (χ3n) is 6.43. The van der Waals surface area contributed by atoms with E-state index in [1.54, 1.807) is 26.0 Å². The highest BCUT2D eigenvalue weighted by atomic mass is 32.2. The Bertz CT molecular complexity index is 1060. The van der Waals surface area contributed by atoms with Crippen LogP contribution in [0.2, 0.25) is 0 Å². The highest BCUT2D eigenvalue weighted by Crippen LogP contribution is 2.38. The Balaban J connectivity index is 1.62. The number of nitrogens with zero attached hydrogens (tertiary/aromatic N) is 3. The normalized spacial score (nSPS) is 14.9. The molecule has 0 amide bonds. The van der Waals surface area contributed by atoms with E-state index in [9.17, 15) is 0 Å². The van der Waals surface area contributed by atoms with Crippen LogP contribution >= 0.6 is 11.8 Å². The summed E-state index contributed by atoms with van der Waals surface area (Å²) in [5.41, 5.74) is 3.84. The molecule has 1 aromatic heterocycles. The summed E-state index contributed by atoms with van der Waals surface area (Å²) in [6.45, 7) is 6.75. The first-order chi connectivity index (χ1) is 15.9. The number of methoxy groups -OCH3 is 2. The van der Waals surface area contributed by atoms with Crippen LogP contribution in [0.3, 0.4) is 0 Å². The molecular formula is C27H35N3O2S. The molecule has 1 saturated carbocycles. The maximum atomic E-state index is 5.54. The van der Waals surface area contributed by atoms with Crippen molar-refractivity contribution in [1.29, 1.82) is 0 Å². The van der Waals surface area contributed by atoms with Gasteiger partial charge in [0.25, 0.3) is 0 Å². The summed E-state index contributed by atoms with van der Waals surface area (Å²) in [4.78, 5) is 0. The number of hydrogen-bond acceptors (Lipinski definition) is 5. The van der Waals surface area contributed by atoms with E-state index >= 15 is 0 Å². The van der Waals surface area contributed by atoms with Crippen LogP contribution < -0.4 is 9.47 Å². The van der Waals surface area contributed by atoms with Crippen molar-refractivity contribution in [1.82, 2.24) is 14.8 Å². The molecule has 4 rings (SSSR count). The number of rotatable bonds is 7. The van der Waals surface area contributed by atoms with Gasteiger partial charge in [-0.2, -0.15) is 0 Å². The van der Waals surface area contributed by atoms with E-state index in [4.69, 9.17) is 9.47 Å². The summed E-state index contributed by atoms with van der Waals surface area (Å²) in [6, 6.07) is 15.4. The second-order valence-electron chi connectivity index (χ2n) is 9.77. The molecule has 0 spiro atoms. The Morgan fingerprint density at radius 3 is 2.24 bits per heavy atom. The van der Waals surface area contributed by atoms with E-state index in [-0.39, 0.29) is 5.41 Å². The quantitative estimate of drug-likeness (QED) is 0.350. The lowest BCUT2D eigenvalue weighted by atomic mass is 9.87. The topological polar surface area (TPSA) is 49.2 Å². The molecule has 0 unspecified atom stereocenters. The Hall–Kier alpha value is -2.47. The van der Waals surface area contributed by atoms with Crippen molar-refractivity contribution in [2.45, 2.75) is 75.2 Å². The van der Waals surface area contributed by atoms with E-state index in [2.05, 4.69) is 59.8 Å². The minimum atomic E-state index is 0.168. The van der Waals surface area contributed by atoms with Crippen LogP contribution in [0.5, 0.6) is 11.5 Å². The fraction of sp³-hybridized carbons (Fsp3) is 0.481. The molecule has 1 aliphatic carbocycles. The molecule has 1 heterocycles. The van der Waals surface area contributed by atoms with Gasteiger partial charge in [0.2, 0.25) is 0 Å². The average molecular weight is 466 g/mol. The maximum Gasteiger partial charge on any atom is 0.192 e. The molecule has 0 N–H and O–H groups in total. The van der Waals surface area contributed by atoms with Crippen LogP contribution in [0, 0.1) is 0 Å². The van der Waals surface area contributed by atoms with Crippen molar-refractivity contribution in [3.05, 3.63) is 53.6 Å². The van der Waals surface area contributed by atoms with Crippen molar-refractivity contribution < 1.29 is 9.47 Å². The van der Waals surface area contributed by atoms with Crippen LogP contribution in [-0.2, 0) is 11.2 Å². The second kappa shape index (κ2) is 10.2. The lowest BCUT2D eigenvalue weighted by Gasteiger charge is -2.25. The fourth-order valence-electron chi connectivity index (χ4n) is 4.46. The molecular weight excluding hydrogens is 430 g/mol. The zero-order valence-electron chi connectivity index (χ0n) is 20.4. The summed E-state index contributed by atoms with van der Waals surface area (Å²) in [6.07, 6.45) is 6.17. The van der Waals surface area contributed by atoms with Gasteiger partial charge < -0.3 is 9.47 Å². The van der Waals surface area contributed by atoms with E-state index in [1.165, 1.54) is 43.2 Å². The van der Waals surface area contributed by atoms with Crippen LogP contribution in [0.25, 0.3) is 11.4 Å². The highest BCUT2D eigenvalue weighted by Gasteiger charge is 2.24. The molecule has 3 aromatic rings. The molecule has 0 aliphatic heterocycles. The second-order valence-corrected chi connectivity index (χ2v) is 10.7. The van der Waals surface area contributed by atoms with Crippen LogP contribution in [0.4, 0.5) is 0 Å². The van der Waals surface area contributed by atoms with E-state index < -0.39 is 0 Å². The van der Waals surface area contributed by atoms with Gasteiger partial charge in [-0.05, 0) is 47.6 Å². The van der Waals surface area contributed by atoms with Gasteiger partial charge >= 0.3 is 0 Å². The molecule has 33 heavy (non-hydrogen) atoms. The maximum absolute atomic E-state index is 5.54. The zero-order valence-corrected chi connectivity index (χ0v) is 21.2. The van der Waals surface area contributed by atoms with E-state index in [1.807, 2.05) is 18.2 Å². The van der Waals surface area contributed by atoms with Gasteiger partial charge in [0.15, 0.2) is 22.5 Å². The summed E-state index contributed by atoms with van der Waals surface area (Å²) in [7, 11) is 3.32. The minimum absolute atomic E-state index is 0.168. The van der Waals surface area contributed by atoms with Crippen molar-refractivity contribution >= 4 is 11.8 Å². The number of benzene rings is 2. The van der Waals surface area contributed by atoms with Crippen molar-refractivity contribution in [3.8, 4) is 22.9 Å². The van der Waals surface area contributed by atoms with Crippen molar-refractivity contribution in [2.75, 3.05) is 14.2 Å². The van der Waals surface area contributed by atoms with Gasteiger partial charge in [0.05, 0.1) is 14.2 Å². The molecule has 2 aromatic carbocycles. The molecule has 0 radical (unpaired) electrons. The predicted octanol–water partition coefficient (Wildman–Crippen LogP) is 7.06. The monoisotopic (exact) mass is 465 g/mol. The Labute approximate surface area is 201 Å². The van der Waals surface area contributed by atoms with Crippen molar-refractivity contribution in [2.24, 2.45) is 0 Å². The van der Waals surface area contributed by atoms with Crippen molar-refractivity contribution in [3.63, 3.8) is 0 Å². The van der Waals surface area contributed by atoms with Gasteiger partial charge in [0.1, 0.15) is 0 Å². The van der Waals surface area contributed by atoms with Gasteiger partial charge in [-0.3, -0.25) is 4.57 Å². The number of ether oxygens (including phenoxy) is 2. The SMILES string of the molecule is COc1ccc(-c2nnc(SCc3ccc(C(C)(C)C)cc3)n2C2CCCCC2)cc1OC. The van der Waals surface area contributed by atoms with Gasteiger partial charge in [-0.1, -0.05) is 76.1 Å². The van der Waals surface area contributed by atoms with E-state index in [0.29, 0.717) is 11.8 Å². The first-order valence-electron chi connectivity index (χ1n) is 11.8. The van der Waals surface area contributed by atoms with E-state index in [0.717, 1.165) is 28.0 Å². The third kappa shape index (κ3) is 5.37. The first kappa shape index (κ1) is 23.7. The van der Waals surface area contributed by atoms with Crippen LogP contribution in [-0.4, -0.2) is 29.0 Å². The molecule has 0 saturated heterocycles. The zero-order chi connectivity index (χ0) is 23.4. The number of thioether (sulfide) groups is 1.